The monoisotopic (exact) mass is 310 g/mol. The summed E-state index contributed by atoms with van der Waals surface area (Å²) in [7, 11) is 2.91. The van der Waals surface area contributed by atoms with Crippen molar-refractivity contribution in [2.45, 2.75) is 6.04 Å². The first-order chi connectivity index (χ1) is 11.2. The van der Waals surface area contributed by atoms with E-state index >= 15 is 0 Å². The van der Waals surface area contributed by atoms with Crippen LogP contribution in [0.5, 0.6) is 5.75 Å². The van der Waals surface area contributed by atoms with Crippen LogP contribution in [-0.2, 0) is 4.74 Å². The third-order valence-electron chi connectivity index (χ3n) is 3.96. The van der Waals surface area contributed by atoms with E-state index in [1.165, 1.54) is 7.11 Å². The highest BCUT2D eigenvalue weighted by Gasteiger charge is 2.24. The highest BCUT2D eigenvalue weighted by Crippen LogP contribution is 2.34. The van der Waals surface area contributed by atoms with Crippen molar-refractivity contribution < 1.29 is 14.3 Å². The fourth-order valence-corrected chi connectivity index (χ4v) is 2.84. The maximum absolute atomic E-state index is 12.1. The maximum atomic E-state index is 12.1. The third-order valence-corrected chi connectivity index (χ3v) is 3.96. The number of benzene rings is 2. The van der Waals surface area contributed by atoms with Gasteiger partial charge in [0.2, 0.25) is 0 Å². The number of carbonyl (C=O) groups is 1. The van der Waals surface area contributed by atoms with E-state index in [0.29, 0.717) is 16.9 Å². The van der Waals surface area contributed by atoms with Crippen LogP contribution in [0, 0.1) is 0 Å². The van der Waals surface area contributed by atoms with E-state index in [1.54, 1.807) is 25.3 Å². The summed E-state index contributed by atoms with van der Waals surface area (Å²) in [6, 6.07) is 12.6. The summed E-state index contributed by atoms with van der Waals surface area (Å²) >= 11 is 0. The van der Waals surface area contributed by atoms with Crippen molar-refractivity contribution in [3.05, 3.63) is 65.4 Å². The molecule has 1 atom stereocenters. The van der Waals surface area contributed by atoms with Crippen molar-refractivity contribution in [2.75, 3.05) is 14.2 Å². The number of fused-ring (bicyclic) bond motifs is 1. The number of hydrogen-bond acceptors (Lipinski definition) is 4. The van der Waals surface area contributed by atoms with Gasteiger partial charge in [-0.1, -0.05) is 24.3 Å². The Hall–Kier alpha value is -2.79. The van der Waals surface area contributed by atoms with Crippen molar-refractivity contribution in [3.63, 3.8) is 0 Å². The molecule has 2 aromatic carbocycles. The van der Waals surface area contributed by atoms with Crippen LogP contribution in [-0.4, -0.2) is 25.2 Å². The summed E-state index contributed by atoms with van der Waals surface area (Å²) < 4.78 is 10.3. The lowest BCUT2D eigenvalue weighted by Gasteiger charge is -2.18. The number of ether oxygens (including phenoxy) is 2. The Morgan fingerprint density at radius 3 is 2.65 bits per heavy atom. The van der Waals surface area contributed by atoms with E-state index < -0.39 is 12.0 Å². The maximum Gasteiger partial charge on any atom is 0.338 e. The Morgan fingerprint density at radius 2 is 1.91 bits per heavy atom. The van der Waals surface area contributed by atoms with Gasteiger partial charge in [0, 0.05) is 22.7 Å². The van der Waals surface area contributed by atoms with Gasteiger partial charge in [-0.05, 0) is 23.8 Å². The number of esters is 1. The normalized spacial score (nSPS) is 12.1. The molecule has 1 unspecified atom stereocenters. The number of nitrogens with two attached hydrogens (primary N) is 1. The molecule has 0 spiro atoms. The van der Waals surface area contributed by atoms with Gasteiger partial charge >= 0.3 is 5.97 Å². The Balaban J connectivity index is 2.19. The number of hydrogen-bond donors (Lipinski definition) is 2. The third kappa shape index (κ3) is 2.55. The van der Waals surface area contributed by atoms with Crippen LogP contribution < -0.4 is 10.5 Å². The van der Waals surface area contributed by atoms with Crippen LogP contribution in [0.25, 0.3) is 10.9 Å². The summed E-state index contributed by atoms with van der Waals surface area (Å²) in [6.07, 6.45) is 1.86. The predicted octanol–water partition coefficient (Wildman–Crippen LogP) is 3.01. The summed E-state index contributed by atoms with van der Waals surface area (Å²) in [6.45, 7) is 0. The van der Waals surface area contributed by atoms with Gasteiger partial charge in [0.1, 0.15) is 5.75 Å². The molecule has 0 aliphatic rings. The lowest BCUT2D eigenvalue weighted by Crippen LogP contribution is -2.18. The molecule has 5 heteroatoms. The zero-order valence-electron chi connectivity index (χ0n) is 13.0. The van der Waals surface area contributed by atoms with Gasteiger partial charge in [-0.25, -0.2) is 4.79 Å². The van der Waals surface area contributed by atoms with Crippen molar-refractivity contribution in [2.24, 2.45) is 5.73 Å². The number of H-pyrrole nitrogens is 1. The molecule has 1 aromatic heterocycles. The van der Waals surface area contributed by atoms with Gasteiger partial charge in [0.15, 0.2) is 0 Å². The summed E-state index contributed by atoms with van der Waals surface area (Å²) in [5.41, 5.74) is 9.40. The number of rotatable bonds is 4. The van der Waals surface area contributed by atoms with Crippen molar-refractivity contribution >= 4 is 16.9 Å². The van der Waals surface area contributed by atoms with Gasteiger partial charge in [-0.15, -0.1) is 0 Å². The molecular weight excluding hydrogens is 292 g/mol. The lowest BCUT2D eigenvalue weighted by molar-refractivity contribution is 0.0598. The summed E-state index contributed by atoms with van der Waals surface area (Å²) in [5, 5.41) is 1.02. The first-order valence-corrected chi connectivity index (χ1v) is 7.24. The molecule has 3 N–H and O–H groups in total. The standard InChI is InChI=1S/C18H18N2O3/c1-22-15-9-5-7-12(18(21)23-2)16(15)17(19)13-10-20-14-8-4-3-6-11(13)14/h3-10,17,20H,19H2,1-2H3. The zero-order valence-corrected chi connectivity index (χ0v) is 13.0. The fourth-order valence-electron chi connectivity index (χ4n) is 2.84. The molecule has 3 aromatic rings. The second kappa shape index (κ2) is 6.14. The quantitative estimate of drug-likeness (QED) is 0.726. The molecule has 0 aliphatic heterocycles. The molecule has 118 valence electrons. The van der Waals surface area contributed by atoms with E-state index in [9.17, 15) is 4.79 Å². The second-order valence-corrected chi connectivity index (χ2v) is 5.18. The molecule has 0 saturated heterocycles. The molecule has 23 heavy (non-hydrogen) atoms. The Morgan fingerprint density at radius 1 is 1.13 bits per heavy atom. The van der Waals surface area contributed by atoms with E-state index in [0.717, 1.165) is 16.5 Å². The molecule has 1 heterocycles. The number of methoxy groups -OCH3 is 2. The second-order valence-electron chi connectivity index (χ2n) is 5.18. The molecule has 0 radical (unpaired) electrons. The molecule has 5 nitrogen and oxygen atoms in total. The molecule has 0 amide bonds. The van der Waals surface area contributed by atoms with Crippen LogP contribution in [0.15, 0.2) is 48.7 Å². The SMILES string of the molecule is COC(=O)c1cccc(OC)c1C(N)c1c[nH]c2ccccc12. The number of aromatic amines is 1. The van der Waals surface area contributed by atoms with Crippen LogP contribution >= 0.6 is 0 Å². The van der Waals surface area contributed by atoms with E-state index in [1.807, 2.05) is 30.5 Å². The van der Waals surface area contributed by atoms with Crippen molar-refractivity contribution in [1.82, 2.24) is 4.98 Å². The smallest absolute Gasteiger partial charge is 0.338 e. The first kappa shape index (κ1) is 15.1. The average molecular weight is 310 g/mol. The fraction of sp³-hybridized carbons (Fsp3) is 0.167. The number of para-hydroxylation sites is 1. The van der Waals surface area contributed by atoms with E-state index in [4.69, 9.17) is 15.2 Å². The van der Waals surface area contributed by atoms with Gasteiger partial charge < -0.3 is 20.2 Å². The van der Waals surface area contributed by atoms with Gasteiger partial charge in [0.25, 0.3) is 0 Å². The topological polar surface area (TPSA) is 77.3 Å². The Kier molecular flexibility index (Phi) is 4.04. The van der Waals surface area contributed by atoms with E-state index in [2.05, 4.69) is 4.98 Å². The molecule has 0 bridgehead atoms. The van der Waals surface area contributed by atoms with Gasteiger partial charge in [-0.3, -0.25) is 0 Å². The largest absolute Gasteiger partial charge is 0.496 e. The Labute approximate surface area is 134 Å². The minimum absolute atomic E-state index is 0.407. The lowest BCUT2D eigenvalue weighted by atomic mass is 9.94. The highest BCUT2D eigenvalue weighted by molar-refractivity contribution is 5.93. The van der Waals surface area contributed by atoms with Crippen molar-refractivity contribution in [3.8, 4) is 5.75 Å². The van der Waals surface area contributed by atoms with Crippen LogP contribution in [0.3, 0.4) is 0 Å². The van der Waals surface area contributed by atoms with Gasteiger partial charge in [-0.2, -0.15) is 0 Å². The van der Waals surface area contributed by atoms with Crippen LogP contribution in [0.4, 0.5) is 0 Å². The van der Waals surface area contributed by atoms with E-state index in [-0.39, 0.29) is 0 Å². The average Bonchev–Trinajstić information content (AvgIpc) is 3.03. The minimum Gasteiger partial charge on any atom is -0.496 e. The number of carbonyl (C=O) groups excluding carboxylic acids is 1. The summed E-state index contributed by atoms with van der Waals surface area (Å²) in [5.74, 6) is 0.125. The number of aromatic nitrogens is 1. The zero-order chi connectivity index (χ0) is 16.4. The van der Waals surface area contributed by atoms with Crippen molar-refractivity contribution in [1.29, 1.82) is 0 Å². The molecular formula is C18H18N2O3. The summed E-state index contributed by atoms with van der Waals surface area (Å²) in [4.78, 5) is 15.3. The molecule has 0 fully saturated rings. The Bertz CT molecular complexity index is 854. The number of nitrogens with one attached hydrogen (secondary N) is 1. The first-order valence-electron chi connectivity index (χ1n) is 7.24. The minimum atomic E-state index is -0.517. The molecule has 0 aliphatic carbocycles. The van der Waals surface area contributed by atoms with Crippen LogP contribution in [0.2, 0.25) is 0 Å². The molecule has 3 rings (SSSR count). The highest BCUT2D eigenvalue weighted by atomic mass is 16.5. The van der Waals surface area contributed by atoms with Gasteiger partial charge in [0.05, 0.1) is 25.8 Å². The molecule has 0 saturated carbocycles. The predicted molar refractivity (Wildman–Crippen MR) is 88.7 cm³/mol. The van der Waals surface area contributed by atoms with Crippen LogP contribution in [0.1, 0.15) is 27.5 Å².